The van der Waals surface area contributed by atoms with Crippen LogP contribution < -0.4 is 14.2 Å². The summed E-state index contributed by atoms with van der Waals surface area (Å²) < 4.78 is 44.5. The van der Waals surface area contributed by atoms with Crippen LogP contribution in [0.5, 0.6) is 17.2 Å². The van der Waals surface area contributed by atoms with E-state index in [0.29, 0.717) is 22.6 Å². The molecule has 7 heteroatoms. The maximum absolute atomic E-state index is 12.4. The third kappa shape index (κ3) is 5.47. The van der Waals surface area contributed by atoms with Crippen LogP contribution in [-0.2, 0) is 16.1 Å². The smallest absolute Gasteiger partial charge is 0.387 e. The third-order valence-corrected chi connectivity index (χ3v) is 3.38. The molecule has 138 valence electrons. The Morgan fingerprint density at radius 3 is 2.46 bits per heavy atom. The van der Waals surface area contributed by atoms with Crippen molar-refractivity contribution in [1.82, 2.24) is 0 Å². The van der Waals surface area contributed by atoms with Gasteiger partial charge in [-0.1, -0.05) is 24.3 Å². The molecular weight excluding hydrogens is 346 g/mol. The molecule has 0 heterocycles. The van der Waals surface area contributed by atoms with Gasteiger partial charge in [0, 0.05) is 11.6 Å². The number of rotatable bonds is 8. The standard InChI is InChI=1S/C19H18F2O5/c1-23-16-9-7-13(11-17(16)24-2)8-10-18(22)25-12-14-5-3-4-6-15(14)26-19(20)21/h3-11,19H,12H2,1-2H3. The summed E-state index contributed by atoms with van der Waals surface area (Å²) in [7, 11) is 3.04. The molecule has 0 aromatic heterocycles. The number of carbonyl (C=O) groups is 1. The summed E-state index contributed by atoms with van der Waals surface area (Å²) in [5, 5.41) is 0. The number of benzene rings is 2. The first-order valence-electron chi connectivity index (χ1n) is 7.63. The number of hydrogen-bond acceptors (Lipinski definition) is 5. The van der Waals surface area contributed by atoms with Crippen LogP contribution in [0.1, 0.15) is 11.1 Å². The van der Waals surface area contributed by atoms with E-state index < -0.39 is 12.6 Å². The molecule has 0 fully saturated rings. The average molecular weight is 364 g/mol. The van der Waals surface area contributed by atoms with E-state index in [2.05, 4.69) is 4.74 Å². The second kappa shape index (κ2) is 9.41. The summed E-state index contributed by atoms with van der Waals surface area (Å²) in [5.41, 5.74) is 1.06. The van der Waals surface area contributed by atoms with Crippen LogP contribution >= 0.6 is 0 Å². The monoisotopic (exact) mass is 364 g/mol. The van der Waals surface area contributed by atoms with E-state index >= 15 is 0 Å². The Labute approximate surface area is 149 Å². The van der Waals surface area contributed by atoms with Gasteiger partial charge >= 0.3 is 12.6 Å². The predicted octanol–water partition coefficient (Wildman–Crippen LogP) is 4.06. The fourth-order valence-electron chi connectivity index (χ4n) is 2.15. The molecule has 26 heavy (non-hydrogen) atoms. The lowest BCUT2D eigenvalue weighted by atomic mass is 10.2. The van der Waals surface area contributed by atoms with E-state index in [1.165, 1.54) is 26.4 Å². The number of halogens is 2. The largest absolute Gasteiger partial charge is 0.493 e. The van der Waals surface area contributed by atoms with E-state index in [-0.39, 0.29) is 12.4 Å². The lowest BCUT2D eigenvalue weighted by molar-refractivity contribution is -0.139. The zero-order valence-corrected chi connectivity index (χ0v) is 14.3. The first-order chi connectivity index (χ1) is 12.5. The van der Waals surface area contributed by atoms with E-state index in [0.717, 1.165) is 0 Å². The van der Waals surface area contributed by atoms with E-state index in [1.54, 1.807) is 42.5 Å². The van der Waals surface area contributed by atoms with Gasteiger partial charge in [0.05, 0.1) is 14.2 Å². The number of carbonyl (C=O) groups excluding carboxylic acids is 1. The molecule has 0 saturated heterocycles. The number of ether oxygens (including phenoxy) is 4. The molecule has 0 aliphatic heterocycles. The van der Waals surface area contributed by atoms with Crippen LogP contribution in [0.3, 0.4) is 0 Å². The Hall–Kier alpha value is -3.09. The number of hydrogen-bond donors (Lipinski definition) is 0. The highest BCUT2D eigenvalue weighted by Crippen LogP contribution is 2.28. The summed E-state index contributed by atoms with van der Waals surface area (Å²) in [6, 6.07) is 11.3. The van der Waals surface area contributed by atoms with Crippen molar-refractivity contribution in [2.45, 2.75) is 13.2 Å². The zero-order valence-electron chi connectivity index (χ0n) is 14.3. The van der Waals surface area contributed by atoms with E-state index in [9.17, 15) is 13.6 Å². The van der Waals surface area contributed by atoms with Crippen molar-refractivity contribution < 1.29 is 32.5 Å². The molecule has 0 aliphatic rings. The maximum Gasteiger partial charge on any atom is 0.387 e. The highest BCUT2D eigenvalue weighted by Gasteiger charge is 2.10. The third-order valence-electron chi connectivity index (χ3n) is 3.38. The number of methoxy groups -OCH3 is 2. The van der Waals surface area contributed by atoms with Gasteiger partial charge in [-0.15, -0.1) is 0 Å². The second-order valence-corrected chi connectivity index (χ2v) is 5.04. The van der Waals surface area contributed by atoms with Crippen LogP contribution in [0.15, 0.2) is 48.5 Å². The molecule has 0 radical (unpaired) electrons. The SMILES string of the molecule is COc1ccc(C=CC(=O)OCc2ccccc2OC(F)F)cc1OC. The summed E-state index contributed by atoms with van der Waals surface area (Å²) in [6.07, 6.45) is 2.78. The molecule has 0 atom stereocenters. The van der Waals surface area contributed by atoms with Crippen molar-refractivity contribution >= 4 is 12.0 Å². The number of para-hydroxylation sites is 1. The van der Waals surface area contributed by atoms with Gasteiger partial charge in [0.2, 0.25) is 0 Å². The first kappa shape index (κ1) is 19.2. The molecule has 5 nitrogen and oxygen atoms in total. The van der Waals surface area contributed by atoms with Gasteiger partial charge in [-0.2, -0.15) is 8.78 Å². The summed E-state index contributed by atoms with van der Waals surface area (Å²) in [6.45, 7) is -3.13. The molecule has 2 aromatic rings. The number of esters is 1. The molecule has 0 unspecified atom stereocenters. The zero-order chi connectivity index (χ0) is 18.9. The molecule has 0 aliphatic carbocycles. The Balaban J connectivity index is 1.98. The van der Waals surface area contributed by atoms with Crippen molar-refractivity contribution in [3.8, 4) is 17.2 Å². The van der Waals surface area contributed by atoms with Crippen LogP contribution in [0, 0.1) is 0 Å². The van der Waals surface area contributed by atoms with Crippen LogP contribution in [0.2, 0.25) is 0 Å². The first-order valence-corrected chi connectivity index (χ1v) is 7.63. The van der Waals surface area contributed by atoms with Gasteiger partial charge < -0.3 is 18.9 Å². The Kier molecular flexibility index (Phi) is 6.96. The molecule has 2 aromatic carbocycles. The van der Waals surface area contributed by atoms with Crippen molar-refractivity contribution in [1.29, 1.82) is 0 Å². The van der Waals surface area contributed by atoms with Gasteiger partial charge in [-0.25, -0.2) is 4.79 Å². The van der Waals surface area contributed by atoms with Crippen molar-refractivity contribution in [3.05, 3.63) is 59.7 Å². The number of alkyl halides is 2. The highest BCUT2D eigenvalue weighted by atomic mass is 19.3. The molecule has 0 saturated carbocycles. The molecule has 0 amide bonds. The van der Waals surface area contributed by atoms with E-state index in [4.69, 9.17) is 14.2 Å². The fraction of sp³-hybridized carbons (Fsp3) is 0.211. The van der Waals surface area contributed by atoms with Crippen molar-refractivity contribution in [3.63, 3.8) is 0 Å². The van der Waals surface area contributed by atoms with Crippen LogP contribution in [0.4, 0.5) is 8.78 Å². The molecule has 2 rings (SSSR count). The minimum atomic E-state index is -2.95. The Morgan fingerprint density at radius 1 is 1.04 bits per heavy atom. The molecule has 0 spiro atoms. The molecular formula is C19H18F2O5. The fourth-order valence-corrected chi connectivity index (χ4v) is 2.15. The molecule has 0 N–H and O–H groups in total. The van der Waals surface area contributed by atoms with Gasteiger partial charge in [-0.3, -0.25) is 0 Å². The van der Waals surface area contributed by atoms with Gasteiger partial charge in [0.25, 0.3) is 0 Å². The van der Waals surface area contributed by atoms with E-state index in [1.807, 2.05) is 0 Å². The van der Waals surface area contributed by atoms with Gasteiger partial charge in [-0.05, 0) is 29.8 Å². The minimum Gasteiger partial charge on any atom is -0.493 e. The minimum absolute atomic E-state index is 0.0285. The van der Waals surface area contributed by atoms with Gasteiger partial charge in [0.15, 0.2) is 11.5 Å². The topological polar surface area (TPSA) is 54.0 Å². The predicted molar refractivity (Wildman–Crippen MR) is 91.5 cm³/mol. The summed E-state index contributed by atoms with van der Waals surface area (Å²) >= 11 is 0. The lowest BCUT2D eigenvalue weighted by Crippen LogP contribution is -2.06. The maximum atomic E-state index is 12.4. The highest BCUT2D eigenvalue weighted by molar-refractivity contribution is 5.87. The van der Waals surface area contributed by atoms with Crippen molar-refractivity contribution in [2.24, 2.45) is 0 Å². The summed E-state index contributed by atoms with van der Waals surface area (Å²) in [4.78, 5) is 11.8. The molecule has 0 bridgehead atoms. The average Bonchev–Trinajstić information content (AvgIpc) is 2.64. The van der Waals surface area contributed by atoms with Gasteiger partial charge in [0.1, 0.15) is 12.4 Å². The van der Waals surface area contributed by atoms with Crippen LogP contribution in [-0.4, -0.2) is 26.8 Å². The second-order valence-electron chi connectivity index (χ2n) is 5.04. The Bertz CT molecular complexity index is 774. The normalized spacial score (nSPS) is 10.8. The quantitative estimate of drug-likeness (QED) is 0.522. The summed E-state index contributed by atoms with van der Waals surface area (Å²) in [5.74, 6) is 0.453. The van der Waals surface area contributed by atoms with Crippen LogP contribution in [0.25, 0.3) is 6.08 Å². The Morgan fingerprint density at radius 2 is 1.77 bits per heavy atom. The lowest BCUT2D eigenvalue weighted by Gasteiger charge is -2.10. The van der Waals surface area contributed by atoms with Crippen molar-refractivity contribution in [2.75, 3.05) is 14.2 Å².